The maximum Gasteiger partial charge on any atom is 0.337 e. The highest BCUT2D eigenvalue weighted by Gasteiger charge is 2.09. The second-order valence-electron chi connectivity index (χ2n) is 4.98. The summed E-state index contributed by atoms with van der Waals surface area (Å²) in [5, 5.41) is 5.96. The minimum atomic E-state index is -0.355. The number of hydrogen-bond donors (Lipinski definition) is 1. The molecular weight excluding hydrogens is 310 g/mol. The highest BCUT2D eigenvalue weighted by molar-refractivity contribution is 7.14. The van der Waals surface area contributed by atoms with Gasteiger partial charge in [-0.25, -0.2) is 9.78 Å². The van der Waals surface area contributed by atoms with Crippen molar-refractivity contribution in [1.82, 2.24) is 9.97 Å². The maximum absolute atomic E-state index is 11.7. The Morgan fingerprint density at radius 1 is 1.30 bits per heavy atom. The lowest BCUT2D eigenvalue weighted by atomic mass is 10.1. The summed E-state index contributed by atoms with van der Waals surface area (Å²) in [6.45, 7) is 1.93. The molecule has 0 radical (unpaired) electrons. The summed E-state index contributed by atoms with van der Waals surface area (Å²) < 4.78 is 4.77. The summed E-state index contributed by atoms with van der Waals surface area (Å²) in [5.74, 6) is -0.355. The molecule has 0 aliphatic carbocycles. The summed E-state index contributed by atoms with van der Waals surface area (Å²) >= 11 is 1.50. The first-order chi connectivity index (χ1) is 11.2. The quantitative estimate of drug-likeness (QED) is 0.733. The number of thiazole rings is 1. The van der Waals surface area contributed by atoms with E-state index in [1.54, 1.807) is 24.5 Å². The number of aryl methyl sites for hydroxylation is 1. The minimum Gasteiger partial charge on any atom is -0.465 e. The third-order valence-electron chi connectivity index (χ3n) is 3.21. The fourth-order valence-electron chi connectivity index (χ4n) is 2.19. The average molecular weight is 325 g/mol. The predicted octanol–water partition coefficient (Wildman–Crippen LogP) is 4.04. The van der Waals surface area contributed by atoms with E-state index >= 15 is 0 Å². The first-order valence-corrected chi connectivity index (χ1v) is 7.86. The Labute approximate surface area is 138 Å². The molecule has 0 saturated carbocycles. The van der Waals surface area contributed by atoms with Crippen LogP contribution in [0.1, 0.15) is 15.9 Å². The molecular formula is C17H15N3O2S. The number of ether oxygens (including phenoxy) is 1. The molecule has 0 bridgehead atoms. The minimum absolute atomic E-state index is 0.355. The Morgan fingerprint density at radius 3 is 2.91 bits per heavy atom. The zero-order valence-corrected chi connectivity index (χ0v) is 13.6. The second kappa shape index (κ2) is 6.58. The third-order valence-corrected chi connectivity index (χ3v) is 3.97. The maximum atomic E-state index is 11.7. The van der Waals surface area contributed by atoms with Crippen LogP contribution in [-0.4, -0.2) is 23.0 Å². The topological polar surface area (TPSA) is 64.1 Å². The lowest BCUT2D eigenvalue weighted by Crippen LogP contribution is -2.02. The van der Waals surface area contributed by atoms with Gasteiger partial charge in [0.1, 0.15) is 0 Å². The number of hydrogen-bond acceptors (Lipinski definition) is 6. The Balaban J connectivity index is 1.84. The number of nitrogens with one attached hydrogen (secondary N) is 1. The van der Waals surface area contributed by atoms with E-state index in [4.69, 9.17) is 4.74 Å². The third kappa shape index (κ3) is 3.54. The number of methoxy groups -OCH3 is 1. The summed E-state index contributed by atoms with van der Waals surface area (Å²) in [7, 11) is 1.37. The van der Waals surface area contributed by atoms with Crippen molar-refractivity contribution < 1.29 is 9.53 Å². The number of anilines is 2. The van der Waals surface area contributed by atoms with Crippen LogP contribution in [0.5, 0.6) is 0 Å². The van der Waals surface area contributed by atoms with Crippen LogP contribution < -0.4 is 5.32 Å². The van der Waals surface area contributed by atoms with Crippen LogP contribution in [0.4, 0.5) is 10.8 Å². The number of carbonyl (C=O) groups is 1. The normalized spacial score (nSPS) is 10.3. The fourth-order valence-corrected chi connectivity index (χ4v) is 2.93. The first kappa shape index (κ1) is 15.2. The van der Waals surface area contributed by atoms with Gasteiger partial charge in [0.05, 0.1) is 18.4 Å². The van der Waals surface area contributed by atoms with Crippen molar-refractivity contribution in [1.29, 1.82) is 0 Å². The highest BCUT2D eigenvalue weighted by Crippen LogP contribution is 2.27. The fraction of sp³-hybridized carbons (Fsp3) is 0.118. The number of benzene rings is 1. The molecule has 1 aromatic carbocycles. The van der Waals surface area contributed by atoms with Gasteiger partial charge in [-0.1, -0.05) is 0 Å². The number of aromatic nitrogens is 2. The van der Waals surface area contributed by atoms with Crippen LogP contribution in [0, 0.1) is 6.92 Å². The molecule has 6 heteroatoms. The van der Waals surface area contributed by atoms with Crippen molar-refractivity contribution >= 4 is 28.1 Å². The van der Waals surface area contributed by atoms with Gasteiger partial charge in [-0.2, -0.15) is 0 Å². The van der Waals surface area contributed by atoms with Crippen LogP contribution in [0.25, 0.3) is 11.3 Å². The molecule has 0 atom stereocenters. The number of pyridine rings is 1. The largest absolute Gasteiger partial charge is 0.465 e. The molecule has 23 heavy (non-hydrogen) atoms. The molecule has 0 amide bonds. The van der Waals surface area contributed by atoms with E-state index in [-0.39, 0.29) is 5.97 Å². The highest BCUT2D eigenvalue weighted by atomic mass is 32.1. The van der Waals surface area contributed by atoms with Crippen LogP contribution in [0.2, 0.25) is 0 Å². The molecule has 2 heterocycles. The van der Waals surface area contributed by atoms with Gasteiger partial charge in [0.25, 0.3) is 0 Å². The molecule has 116 valence electrons. The predicted molar refractivity (Wildman–Crippen MR) is 91.1 cm³/mol. The van der Waals surface area contributed by atoms with Crippen molar-refractivity contribution in [2.75, 3.05) is 12.4 Å². The van der Waals surface area contributed by atoms with Gasteiger partial charge in [0.2, 0.25) is 0 Å². The standard InChI is InChI=1S/C17H15N3O2S/c1-11-6-13(16(21)22-2)8-14(7-11)19-17-20-15(10-23-17)12-4-3-5-18-9-12/h3-10H,1-2H3,(H,19,20). The van der Waals surface area contributed by atoms with Crippen LogP contribution in [-0.2, 0) is 4.74 Å². The van der Waals surface area contributed by atoms with E-state index in [9.17, 15) is 4.79 Å². The van der Waals surface area contributed by atoms with Crippen molar-refractivity contribution in [3.8, 4) is 11.3 Å². The first-order valence-electron chi connectivity index (χ1n) is 6.98. The van der Waals surface area contributed by atoms with Gasteiger partial charge in [0, 0.05) is 29.0 Å². The summed E-state index contributed by atoms with van der Waals surface area (Å²) in [6, 6.07) is 9.35. The molecule has 0 spiro atoms. The van der Waals surface area contributed by atoms with Gasteiger partial charge in [-0.05, 0) is 42.8 Å². The number of carbonyl (C=O) groups excluding carboxylic acids is 1. The number of nitrogens with zero attached hydrogens (tertiary/aromatic N) is 2. The zero-order valence-electron chi connectivity index (χ0n) is 12.7. The zero-order chi connectivity index (χ0) is 16.2. The molecule has 2 aromatic heterocycles. The van der Waals surface area contributed by atoms with E-state index in [0.717, 1.165) is 27.6 Å². The van der Waals surface area contributed by atoms with Gasteiger partial charge < -0.3 is 10.1 Å². The second-order valence-corrected chi connectivity index (χ2v) is 5.84. The molecule has 0 unspecified atom stereocenters. The van der Waals surface area contributed by atoms with Crippen molar-refractivity contribution in [2.24, 2.45) is 0 Å². The van der Waals surface area contributed by atoms with E-state index in [1.165, 1.54) is 18.4 Å². The lowest BCUT2D eigenvalue weighted by Gasteiger charge is -2.07. The van der Waals surface area contributed by atoms with Gasteiger partial charge >= 0.3 is 5.97 Å². The van der Waals surface area contributed by atoms with E-state index in [2.05, 4.69) is 15.3 Å². The summed E-state index contributed by atoms with van der Waals surface area (Å²) in [4.78, 5) is 20.3. The molecule has 0 saturated heterocycles. The lowest BCUT2D eigenvalue weighted by molar-refractivity contribution is 0.0600. The Morgan fingerprint density at radius 2 is 2.17 bits per heavy atom. The smallest absolute Gasteiger partial charge is 0.337 e. The van der Waals surface area contributed by atoms with Crippen LogP contribution >= 0.6 is 11.3 Å². The molecule has 5 nitrogen and oxygen atoms in total. The van der Waals surface area contributed by atoms with Crippen molar-refractivity contribution in [2.45, 2.75) is 6.92 Å². The van der Waals surface area contributed by atoms with Crippen LogP contribution in [0.3, 0.4) is 0 Å². The van der Waals surface area contributed by atoms with Gasteiger partial charge in [-0.15, -0.1) is 11.3 Å². The van der Waals surface area contributed by atoms with E-state index < -0.39 is 0 Å². The van der Waals surface area contributed by atoms with Crippen molar-refractivity contribution in [3.05, 3.63) is 59.2 Å². The molecule has 0 fully saturated rings. The molecule has 1 N–H and O–H groups in total. The van der Waals surface area contributed by atoms with E-state index in [1.807, 2.05) is 30.5 Å². The molecule has 3 aromatic rings. The summed E-state index contributed by atoms with van der Waals surface area (Å²) in [6.07, 6.45) is 3.51. The van der Waals surface area contributed by atoms with Crippen LogP contribution in [0.15, 0.2) is 48.1 Å². The Kier molecular flexibility index (Phi) is 4.34. The SMILES string of the molecule is COC(=O)c1cc(C)cc(Nc2nc(-c3cccnc3)cs2)c1. The number of esters is 1. The monoisotopic (exact) mass is 325 g/mol. The molecule has 0 aliphatic rings. The Hall–Kier alpha value is -2.73. The van der Waals surface area contributed by atoms with E-state index in [0.29, 0.717) is 5.56 Å². The Bertz CT molecular complexity index is 831. The number of rotatable bonds is 4. The summed E-state index contributed by atoms with van der Waals surface area (Å²) in [5.41, 5.74) is 4.12. The van der Waals surface area contributed by atoms with Crippen molar-refractivity contribution in [3.63, 3.8) is 0 Å². The van der Waals surface area contributed by atoms with Gasteiger partial charge in [0.15, 0.2) is 5.13 Å². The molecule has 0 aliphatic heterocycles. The molecule has 3 rings (SSSR count). The van der Waals surface area contributed by atoms with Gasteiger partial charge in [-0.3, -0.25) is 4.98 Å². The average Bonchev–Trinajstić information content (AvgIpc) is 3.03.